The number of benzene rings is 1. The van der Waals surface area contributed by atoms with E-state index in [1.807, 2.05) is 26.0 Å². The largest absolute Gasteiger partial charge is 0.461 e. The average molecular weight is 363 g/mol. The molecule has 7 heteroatoms. The van der Waals surface area contributed by atoms with Gasteiger partial charge in [-0.2, -0.15) is 4.98 Å². The summed E-state index contributed by atoms with van der Waals surface area (Å²) in [6.45, 7) is 3.97. The molecule has 7 nitrogen and oxygen atoms in total. The van der Waals surface area contributed by atoms with Crippen molar-refractivity contribution in [2.45, 2.75) is 20.5 Å². The summed E-state index contributed by atoms with van der Waals surface area (Å²) < 4.78 is 17.6. The molecule has 0 aliphatic rings. The van der Waals surface area contributed by atoms with Crippen LogP contribution in [-0.2, 0) is 11.3 Å². The second-order valence-electron chi connectivity index (χ2n) is 6.06. The first-order valence-corrected chi connectivity index (χ1v) is 8.41. The third-order valence-corrected chi connectivity index (χ3v) is 4.17. The van der Waals surface area contributed by atoms with Crippen molar-refractivity contribution >= 4 is 5.97 Å². The number of carbonyl (C=O) groups excluding carboxylic acids is 1. The predicted molar refractivity (Wildman–Crippen MR) is 96.4 cm³/mol. The second kappa shape index (κ2) is 6.95. The molecule has 0 N–H and O–H groups in total. The van der Waals surface area contributed by atoms with Crippen LogP contribution in [-0.4, -0.2) is 20.7 Å². The molecule has 27 heavy (non-hydrogen) atoms. The van der Waals surface area contributed by atoms with Gasteiger partial charge in [-0.15, -0.1) is 0 Å². The van der Waals surface area contributed by atoms with Crippen molar-refractivity contribution in [3.05, 3.63) is 77.6 Å². The van der Waals surface area contributed by atoms with E-state index in [1.54, 1.807) is 24.3 Å². The summed E-state index contributed by atoms with van der Waals surface area (Å²) in [5, 5.41) is 3.79. The van der Waals surface area contributed by atoms with Crippen molar-refractivity contribution in [1.29, 1.82) is 0 Å². The van der Waals surface area contributed by atoms with Crippen LogP contribution in [0.15, 0.2) is 63.7 Å². The van der Waals surface area contributed by atoms with E-state index in [-0.39, 0.29) is 12.5 Å². The normalized spacial score (nSPS) is 10.9. The van der Waals surface area contributed by atoms with Crippen LogP contribution >= 0.6 is 0 Å². The monoisotopic (exact) mass is 363 g/mol. The lowest BCUT2D eigenvalue weighted by molar-refractivity contribution is 0.0430. The van der Waals surface area contributed by atoms with Gasteiger partial charge in [0, 0.05) is 17.1 Å². The number of esters is 1. The zero-order valence-corrected chi connectivity index (χ0v) is 14.9. The molecule has 0 saturated carbocycles. The first-order valence-electron chi connectivity index (χ1n) is 8.41. The zero-order chi connectivity index (χ0) is 18.8. The Morgan fingerprint density at radius 2 is 1.81 bits per heavy atom. The van der Waals surface area contributed by atoms with E-state index in [1.165, 1.54) is 6.26 Å². The van der Waals surface area contributed by atoms with Crippen LogP contribution in [0.3, 0.4) is 0 Å². The lowest BCUT2D eigenvalue weighted by Crippen LogP contribution is -2.06. The van der Waals surface area contributed by atoms with Crippen molar-refractivity contribution < 1.29 is 18.5 Å². The number of ether oxygens (including phenoxy) is 1. The average Bonchev–Trinajstić information content (AvgIpc) is 3.41. The van der Waals surface area contributed by atoms with Gasteiger partial charge < -0.3 is 18.2 Å². The minimum atomic E-state index is -0.458. The Morgan fingerprint density at radius 1 is 1.07 bits per heavy atom. The van der Waals surface area contributed by atoms with Crippen LogP contribution in [0.4, 0.5) is 0 Å². The van der Waals surface area contributed by atoms with E-state index in [4.69, 9.17) is 13.7 Å². The van der Waals surface area contributed by atoms with Gasteiger partial charge in [0.05, 0.1) is 11.8 Å². The predicted octanol–water partition coefficient (Wildman–Crippen LogP) is 4.09. The van der Waals surface area contributed by atoms with Crippen molar-refractivity contribution in [1.82, 2.24) is 14.7 Å². The molecule has 0 bridgehead atoms. The maximum atomic E-state index is 12.2. The number of carbonyl (C=O) groups is 1. The number of hydrogen-bond donors (Lipinski definition) is 0. The highest BCUT2D eigenvalue weighted by atomic mass is 16.6. The Morgan fingerprint density at radius 3 is 2.48 bits per heavy atom. The van der Waals surface area contributed by atoms with Crippen LogP contribution < -0.4 is 0 Å². The minimum absolute atomic E-state index is 0.107. The van der Waals surface area contributed by atoms with E-state index in [2.05, 4.69) is 26.8 Å². The standard InChI is InChI=1S/C20H17N3O4/c1-13-5-6-14(2)23(13)16-9-7-15(8-10-16)20(24)26-12-18-21-19(22-27-18)17-4-3-11-25-17/h3-11H,12H2,1-2H3. The van der Waals surface area contributed by atoms with Gasteiger partial charge in [-0.25, -0.2) is 4.79 Å². The second-order valence-corrected chi connectivity index (χ2v) is 6.06. The van der Waals surface area contributed by atoms with Crippen molar-refractivity contribution in [2.24, 2.45) is 0 Å². The van der Waals surface area contributed by atoms with Gasteiger partial charge >= 0.3 is 5.97 Å². The summed E-state index contributed by atoms with van der Waals surface area (Å²) >= 11 is 0. The fourth-order valence-electron chi connectivity index (χ4n) is 2.85. The molecule has 1 aromatic carbocycles. The van der Waals surface area contributed by atoms with Gasteiger partial charge in [-0.3, -0.25) is 0 Å². The summed E-state index contributed by atoms with van der Waals surface area (Å²) in [4.78, 5) is 16.4. The Labute approximate surface area is 155 Å². The lowest BCUT2D eigenvalue weighted by Gasteiger charge is -2.10. The van der Waals surface area contributed by atoms with Gasteiger partial charge in [0.2, 0.25) is 5.82 Å². The van der Waals surface area contributed by atoms with Gasteiger partial charge in [-0.05, 0) is 62.4 Å². The molecule has 0 aliphatic heterocycles. The van der Waals surface area contributed by atoms with E-state index < -0.39 is 5.97 Å². The molecule has 0 amide bonds. The van der Waals surface area contributed by atoms with E-state index in [0.29, 0.717) is 17.1 Å². The highest BCUT2D eigenvalue weighted by molar-refractivity contribution is 5.89. The molecule has 4 rings (SSSR count). The third kappa shape index (κ3) is 3.39. The van der Waals surface area contributed by atoms with Gasteiger partial charge in [-0.1, -0.05) is 5.16 Å². The molecule has 0 saturated heterocycles. The summed E-state index contributed by atoms with van der Waals surface area (Å²) in [6.07, 6.45) is 1.52. The molecule has 136 valence electrons. The Balaban J connectivity index is 1.41. The van der Waals surface area contributed by atoms with Crippen LogP contribution in [0.25, 0.3) is 17.3 Å². The maximum Gasteiger partial charge on any atom is 0.338 e. The van der Waals surface area contributed by atoms with Gasteiger partial charge in [0.25, 0.3) is 5.89 Å². The molecule has 0 aliphatic carbocycles. The number of aryl methyl sites for hydroxylation is 2. The van der Waals surface area contributed by atoms with E-state index in [0.717, 1.165) is 17.1 Å². The Hall–Kier alpha value is -3.61. The quantitative estimate of drug-likeness (QED) is 0.497. The number of hydrogen-bond acceptors (Lipinski definition) is 6. The number of rotatable bonds is 5. The molecular formula is C20H17N3O4. The highest BCUT2D eigenvalue weighted by Gasteiger charge is 2.14. The third-order valence-electron chi connectivity index (χ3n) is 4.17. The minimum Gasteiger partial charge on any atom is -0.461 e. The Bertz CT molecular complexity index is 1040. The summed E-state index contributed by atoms with van der Waals surface area (Å²) in [7, 11) is 0. The van der Waals surface area contributed by atoms with Gasteiger partial charge in [0.15, 0.2) is 12.4 Å². The van der Waals surface area contributed by atoms with Crippen LogP contribution in [0.1, 0.15) is 27.6 Å². The molecule has 0 atom stereocenters. The summed E-state index contributed by atoms with van der Waals surface area (Å²) in [6, 6.07) is 14.8. The molecule has 3 aromatic heterocycles. The fraction of sp³-hybridized carbons (Fsp3) is 0.150. The fourth-order valence-corrected chi connectivity index (χ4v) is 2.85. The molecule has 0 radical (unpaired) electrons. The van der Waals surface area contributed by atoms with Crippen LogP contribution in [0.5, 0.6) is 0 Å². The molecule has 3 heterocycles. The van der Waals surface area contributed by atoms with E-state index >= 15 is 0 Å². The molecule has 0 spiro atoms. The molecule has 0 unspecified atom stereocenters. The van der Waals surface area contributed by atoms with Crippen LogP contribution in [0.2, 0.25) is 0 Å². The van der Waals surface area contributed by atoms with Gasteiger partial charge in [0.1, 0.15) is 0 Å². The molecule has 4 aromatic rings. The first kappa shape index (κ1) is 16.8. The summed E-state index contributed by atoms with van der Waals surface area (Å²) in [5.41, 5.74) is 3.71. The van der Waals surface area contributed by atoms with Crippen molar-refractivity contribution in [3.8, 4) is 17.3 Å². The topological polar surface area (TPSA) is 83.3 Å². The smallest absolute Gasteiger partial charge is 0.338 e. The Kier molecular flexibility index (Phi) is 4.33. The molecule has 0 fully saturated rings. The lowest BCUT2D eigenvalue weighted by atomic mass is 10.2. The SMILES string of the molecule is Cc1ccc(C)n1-c1ccc(C(=O)OCc2nc(-c3ccco3)no2)cc1. The number of nitrogens with zero attached hydrogens (tertiary/aromatic N) is 3. The van der Waals surface area contributed by atoms with Crippen LogP contribution in [0, 0.1) is 13.8 Å². The highest BCUT2D eigenvalue weighted by Crippen LogP contribution is 2.18. The number of furan rings is 1. The van der Waals surface area contributed by atoms with Crippen molar-refractivity contribution in [2.75, 3.05) is 0 Å². The van der Waals surface area contributed by atoms with Crippen molar-refractivity contribution in [3.63, 3.8) is 0 Å². The maximum absolute atomic E-state index is 12.2. The first-order chi connectivity index (χ1) is 13.1. The van der Waals surface area contributed by atoms with E-state index in [9.17, 15) is 4.79 Å². The zero-order valence-electron chi connectivity index (χ0n) is 14.9. The summed E-state index contributed by atoms with van der Waals surface area (Å²) in [5.74, 6) is 0.542. The number of aromatic nitrogens is 3. The molecular weight excluding hydrogens is 346 g/mol.